The maximum Gasteiger partial charge on any atom is 0.180 e. The topological polar surface area (TPSA) is 88.5 Å². The molecule has 2 rings (SSSR count). The Hall–Kier alpha value is -1.70. The summed E-state index contributed by atoms with van der Waals surface area (Å²) >= 11 is 0. The van der Waals surface area contributed by atoms with E-state index in [0.717, 1.165) is 11.1 Å². The molecule has 0 amide bonds. The van der Waals surface area contributed by atoms with Gasteiger partial charge in [0.05, 0.1) is 27.4 Å². The molecule has 0 radical (unpaired) electrons. The van der Waals surface area contributed by atoms with E-state index < -0.39 is 31.5 Å². The Morgan fingerprint density at radius 1 is 0.760 bits per heavy atom. The minimum absolute atomic E-state index is 0.124. The van der Waals surface area contributed by atoms with Gasteiger partial charge >= 0.3 is 0 Å². The van der Waals surface area contributed by atoms with Gasteiger partial charge in [0.15, 0.2) is 19.7 Å². The normalized spacial score (nSPS) is 13.6. The standard InChI is InChI=1S/C18H22O5S2/c1-14-3-7-17(8-4-14)24(20,21)12-11-16(19)13-25(22,23)18-9-5-15(2)6-10-18/h3-10,16,19H,11-13H2,1-2H3/t16-/m0/s1. The highest BCUT2D eigenvalue weighted by Gasteiger charge is 2.22. The fourth-order valence-electron chi connectivity index (χ4n) is 2.33. The van der Waals surface area contributed by atoms with Crippen LogP contribution in [0.1, 0.15) is 17.5 Å². The van der Waals surface area contributed by atoms with Gasteiger partial charge in [-0.2, -0.15) is 0 Å². The Morgan fingerprint density at radius 3 is 1.60 bits per heavy atom. The van der Waals surface area contributed by atoms with Crippen molar-refractivity contribution in [1.29, 1.82) is 0 Å². The van der Waals surface area contributed by atoms with Crippen LogP contribution in [0.15, 0.2) is 58.3 Å². The van der Waals surface area contributed by atoms with Crippen molar-refractivity contribution in [1.82, 2.24) is 0 Å². The van der Waals surface area contributed by atoms with Crippen molar-refractivity contribution in [2.45, 2.75) is 36.2 Å². The minimum atomic E-state index is -3.66. The van der Waals surface area contributed by atoms with Crippen molar-refractivity contribution in [3.63, 3.8) is 0 Å². The van der Waals surface area contributed by atoms with Crippen molar-refractivity contribution < 1.29 is 21.9 Å². The number of hydrogen-bond donors (Lipinski definition) is 1. The largest absolute Gasteiger partial charge is 0.392 e. The molecule has 5 nitrogen and oxygen atoms in total. The Morgan fingerprint density at radius 2 is 1.16 bits per heavy atom. The lowest BCUT2D eigenvalue weighted by Gasteiger charge is -2.12. The molecule has 0 fully saturated rings. The van der Waals surface area contributed by atoms with E-state index in [1.165, 1.54) is 24.3 Å². The fourth-order valence-corrected chi connectivity index (χ4v) is 5.12. The maximum absolute atomic E-state index is 12.3. The van der Waals surface area contributed by atoms with Gasteiger partial charge in [-0.05, 0) is 44.5 Å². The van der Waals surface area contributed by atoms with Crippen LogP contribution in [0.4, 0.5) is 0 Å². The average molecular weight is 383 g/mol. The lowest BCUT2D eigenvalue weighted by molar-refractivity contribution is 0.193. The Labute approximate surface area is 149 Å². The third-order valence-corrected chi connectivity index (χ3v) is 7.47. The zero-order valence-corrected chi connectivity index (χ0v) is 15.8. The molecule has 1 N–H and O–H groups in total. The number of aliphatic hydroxyl groups excluding tert-OH is 1. The summed E-state index contributed by atoms with van der Waals surface area (Å²) in [6.07, 6.45) is -1.38. The Kier molecular flexibility index (Phi) is 6.03. The molecular formula is C18H22O5S2. The van der Waals surface area contributed by atoms with Gasteiger partial charge in [-0.15, -0.1) is 0 Å². The van der Waals surface area contributed by atoms with E-state index in [-0.39, 0.29) is 22.0 Å². The van der Waals surface area contributed by atoms with E-state index in [9.17, 15) is 21.9 Å². The second-order valence-corrected chi connectivity index (χ2v) is 10.3. The van der Waals surface area contributed by atoms with Crippen LogP contribution in [0.3, 0.4) is 0 Å². The molecule has 0 saturated carbocycles. The Balaban J connectivity index is 2.01. The summed E-state index contributed by atoms with van der Waals surface area (Å²) in [4.78, 5) is 0.297. The van der Waals surface area contributed by atoms with Crippen molar-refractivity contribution >= 4 is 19.7 Å². The van der Waals surface area contributed by atoms with Crippen molar-refractivity contribution in [3.05, 3.63) is 59.7 Å². The van der Waals surface area contributed by atoms with Crippen LogP contribution in [-0.2, 0) is 19.7 Å². The molecule has 25 heavy (non-hydrogen) atoms. The Bertz CT molecular complexity index is 912. The van der Waals surface area contributed by atoms with Gasteiger partial charge in [0.1, 0.15) is 0 Å². The number of benzene rings is 2. The van der Waals surface area contributed by atoms with Crippen LogP contribution in [-0.4, -0.2) is 39.6 Å². The first-order valence-electron chi connectivity index (χ1n) is 7.87. The molecule has 0 heterocycles. The number of aryl methyl sites for hydroxylation is 2. The zero-order chi connectivity index (χ0) is 18.7. The lowest BCUT2D eigenvalue weighted by Crippen LogP contribution is -2.24. The predicted molar refractivity (Wildman–Crippen MR) is 97.1 cm³/mol. The molecule has 2 aromatic carbocycles. The minimum Gasteiger partial charge on any atom is -0.392 e. The number of aliphatic hydroxyl groups is 1. The second kappa shape index (κ2) is 7.68. The van der Waals surface area contributed by atoms with Crippen LogP contribution in [0.25, 0.3) is 0 Å². The van der Waals surface area contributed by atoms with Crippen molar-refractivity contribution in [3.8, 4) is 0 Å². The van der Waals surface area contributed by atoms with Gasteiger partial charge in [-0.25, -0.2) is 16.8 Å². The molecule has 2 aromatic rings. The summed E-state index contributed by atoms with van der Waals surface area (Å²) < 4.78 is 49.1. The average Bonchev–Trinajstić information content (AvgIpc) is 2.53. The fraction of sp³-hybridized carbons (Fsp3) is 0.333. The van der Waals surface area contributed by atoms with Crippen LogP contribution >= 0.6 is 0 Å². The SMILES string of the molecule is Cc1ccc(S(=O)(=O)CC[C@H](O)CS(=O)(=O)c2ccc(C)cc2)cc1. The van der Waals surface area contributed by atoms with E-state index in [2.05, 4.69) is 0 Å². The second-order valence-electron chi connectivity index (χ2n) is 6.17. The molecule has 0 aromatic heterocycles. The molecule has 0 aliphatic rings. The van der Waals surface area contributed by atoms with Gasteiger partial charge < -0.3 is 5.11 Å². The molecule has 0 spiro atoms. The molecule has 0 aliphatic carbocycles. The van der Waals surface area contributed by atoms with Gasteiger partial charge in [-0.3, -0.25) is 0 Å². The third-order valence-electron chi connectivity index (χ3n) is 3.89. The van der Waals surface area contributed by atoms with Crippen LogP contribution in [0.2, 0.25) is 0 Å². The van der Waals surface area contributed by atoms with E-state index in [0.29, 0.717) is 0 Å². The molecule has 136 valence electrons. The highest BCUT2D eigenvalue weighted by Crippen LogP contribution is 2.17. The van der Waals surface area contributed by atoms with Crippen molar-refractivity contribution in [2.24, 2.45) is 0 Å². The summed E-state index contributed by atoms with van der Waals surface area (Å²) in [6, 6.07) is 12.8. The summed E-state index contributed by atoms with van der Waals surface area (Å²) in [5.74, 6) is -0.805. The molecule has 0 unspecified atom stereocenters. The van der Waals surface area contributed by atoms with Crippen LogP contribution in [0.5, 0.6) is 0 Å². The molecule has 0 bridgehead atoms. The first kappa shape index (κ1) is 19.6. The number of rotatable bonds is 7. The first-order valence-corrected chi connectivity index (χ1v) is 11.2. The quantitative estimate of drug-likeness (QED) is 0.794. The predicted octanol–water partition coefficient (Wildman–Crippen LogP) is 2.30. The zero-order valence-electron chi connectivity index (χ0n) is 14.2. The first-order chi connectivity index (χ1) is 11.6. The lowest BCUT2D eigenvalue weighted by atomic mass is 10.2. The smallest absolute Gasteiger partial charge is 0.180 e. The van der Waals surface area contributed by atoms with E-state index >= 15 is 0 Å². The monoisotopic (exact) mass is 382 g/mol. The highest BCUT2D eigenvalue weighted by atomic mass is 32.2. The van der Waals surface area contributed by atoms with Gasteiger partial charge in [0.2, 0.25) is 0 Å². The van der Waals surface area contributed by atoms with E-state index in [1.807, 2.05) is 13.8 Å². The summed E-state index contributed by atoms with van der Waals surface area (Å²) in [7, 11) is -7.21. The number of sulfone groups is 2. The van der Waals surface area contributed by atoms with E-state index in [1.54, 1.807) is 24.3 Å². The van der Waals surface area contributed by atoms with Crippen molar-refractivity contribution in [2.75, 3.05) is 11.5 Å². The van der Waals surface area contributed by atoms with Gasteiger partial charge in [0.25, 0.3) is 0 Å². The molecular weight excluding hydrogens is 360 g/mol. The molecule has 0 aliphatic heterocycles. The molecule has 7 heteroatoms. The number of hydrogen-bond acceptors (Lipinski definition) is 5. The summed E-state index contributed by atoms with van der Waals surface area (Å²) in [5.41, 5.74) is 1.88. The van der Waals surface area contributed by atoms with Gasteiger partial charge in [-0.1, -0.05) is 35.4 Å². The van der Waals surface area contributed by atoms with Crippen LogP contribution in [0, 0.1) is 13.8 Å². The summed E-state index contributed by atoms with van der Waals surface area (Å²) in [6.45, 7) is 3.71. The van der Waals surface area contributed by atoms with E-state index in [4.69, 9.17) is 0 Å². The van der Waals surface area contributed by atoms with Crippen LogP contribution < -0.4 is 0 Å². The maximum atomic E-state index is 12.3. The summed E-state index contributed by atoms with van der Waals surface area (Å²) in [5, 5.41) is 10.0. The highest BCUT2D eigenvalue weighted by molar-refractivity contribution is 7.91. The third kappa shape index (κ3) is 5.39. The van der Waals surface area contributed by atoms with Gasteiger partial charge in [0, 0.05) is 0 Å². The molecule has 0 saturated heterocycles. The molecule has 1 atom stereocenters.